The molecule has 2 N–H and O–H groups in total. The summed E-state index contributed by atoms with van der Waals surface area (Å²) >= 11 is 0. The number of rotatable bonds is 9. The minimum absolute atomic E-state index is 0.0726. The van der Waals surface area contributed by atoms with Crippen molar-refractivity contribution in [2.24, 2.45) is 5.92 Å². The molecule has 0 unspecified atom stereocenters. The minimum Gasteiger partial charge on any atom is -0.548 e. The summed E-state index contributed by atoms with van der Waals surface area (Å²) in [5.41, 5.74) is 0.920. The van der Waals surface area contributed by atoms with Crippen molar-refractivity contribution in [2.75, 3.05) is 7.11 Å². The van der Waals surface area contributed by atoms with Crippen molar-refractivity contribution in [1.29, 1.82) is 0 Å². The van der Waals surface area contributed by atoms with E-state index in [4.69, 9.17) is 4.74 Å². The van der Waals surface area contributed by atoms with Crippen LogP contribution in [-0.2, 0) is 9.59 Å². The topological polar surface area (TPSA) is 108 Å². The van der Waals surface area contributed by atoms with Gasteiger partial charge in [0.05, 0.1) is 19.1 Å². The zero-order valence-corrected chi connectivity index (χ0v) is 17.2. The van der Waals surface area contributed by atoms with Crippen molar-refractivity contribution < 1.29 is 24.2 Å². The van der Waals surface area contributed by atoms with Gasteiger partial charge < -0.3 is 25.3 Å². The van der Waals surface area contributed by atoms with Crippen LogP contribution in [-0.4, -0.2) is 30.9 Å². The minimum atomic E-state index is -1.38. The molecule has 0 heterocycles. The SMILES string of the molecule is CC[C@H](C)[C@@H](NC(=O)/C(=C\c1ccccc1)NC(=O)c1ccc(OC)cc1)C(=O)[O-]. The molecule has 0 aliphatic carbocycles. The van der Waals surface area contributed by atoms with Gasteiger partial charge in [-0.15, -0.1) is 0 Å². The Morgan fingerprint density at radius 1 is 1.07 bits per heavy atom. The standard InChI is InChI=1S/C23H26N2O5/c1-4-15(2)20(23(28)29)25-22(27)19(14-16-8-6-5-7-9-16)24-21(26)17-10-12-18(30-3)13-11-17/h5-15,20H,4H2,1-3H3,(H,24,26)(H,25,27)(H,28,29)/p-1/b19-14+/t15-,20+/m0/s1. The Labute approximate surface area is 175 Å². The Morgan fingerprint density at radius 2 is 1.70 bits per heavy atom. The van der Waals surface area contributed by atoms with Gasteiger partial charge in [0, 0.05) is 5.56 Å². The number of hydrogen-bond donors (Lipinski definition) is 2. The molecular weight excluding hydrogens is 384 g/mol. The summed E-state index contributed by atoms with van der Waals surface area (Å²) in [6, 6.07) is 14.1. The molecule has 2 aromatic rings. The van der Waals surface area contributed by atoms with Gasteiger partial charge in [-0.05, 0) is 41.8 Å². The third kappa shape index (κ3) is 6.20. The summed E-state index contributed by atoms with van der Waals surface area (Å²) in [6.07, 6.45) is 2.02. The van der Waals surface area contributed by atoms with Crippen molar-refractivity contribution in [1.82, 2.24) is 10.6 Å². The predicted molar refractivity (Wildman–Crippen MR) is 111 cm³/mol. The number of nitrogens with one attached hydrogen (secondary N) is 2. The molecule has 0 bridgehead atoms. The fourth-order valence-electron chi connectivity index (χ4n) is 2.70. The van der Waals surface area contributed by atoms with E-state index in [0.29, 0.717) is 23.3 Å². The normalized spacial score (nSPS) is 13.1. The number of carbonyl (C=O) groups excluding carboxylic acids is 3. The second kappa shape index (κ2) is 10.8. The quantitative estimate of drug-likeness (QED) is 0.614. The van der Waals surface area contributed by atoms with Gasteiger partial charge in [0.15, 0.2) is 0 Å². The molecule has 0 aliphatic heterocycles. The molecule has 7 nitrogen and oxygen atoms in total. The van der Waals surface area contributed by atoms with Gasteiger partial charge in [0.25, 0.3) is 11.8 Å². The molecule has 0 fully saturated rings. The van der Waals surface area contributed by atoms with Crippen molar-refractivity contribution in [3.05, 3.63) is 71.4 Å². The van der Waals surface area contributed by atoms with E-state index in [1.807, 2.05) is 13.0 Å². The Bertz CT molecular complexity index is 907. The maximum absolute atomic E-state index is 12.8. The lowest BCUT2D eigenvalue weighted by Gasteiger charge is -2.25. The first kappa shape index (κ1) is 22.7. The summed E-state index contributed by atoms with van der Waals surface area (Å²) in [6.45, 7) is 3.52. The second-order valence-corrected chi connectivity index (χ2v) is 6.81. The molecule has 0 saturated heterocycles. The predicted octanol–water partition coefficient (Wildman–Crippen LogP) is 1.75. The number of carboxylic acids is 1. The number of amides is 2. The average Bonchev–Trinajstić information content (AvgIpc) is 2.76. The Morgan fingerprint density at radius 3 is 2.23 bits per heavy atom. The van der Waals surface area contributed by atoms with E-state index in [0.717, 1.165) is 0 Å². The number of hydrogen-bond acceptors (Lipinski definition) is 5. The average molecular weight is 409 g/mol. The van der Waals surface area contributed by atoms with E-state index in [1.54, 1.807) is 55.5 Å². The first-order valence-electron chi connectivity index (χ1n) is 9.59. The van der Waals surface area contributed by atoms with Crippen LogP contribution in [0.4, 0.5) is 0 Å². The fraction of sp³-hybridized carbons (Fsp3) is 0.261. The van der Waals surface area contributed by atoms with Gasteiger partial charge in [0.1, 0.15) is 11.4 Å². The summed E-state index contributed by atoms with van der Waals surface area (Å²) in [5, 5.41) is 16.5. The number of methoxy groups -OCH3 is 1. The molecule has 158 valence electrons. The van der Waals surface area contributed by atoms with Crippen molar-refractivity contribution in [2.45, 2.75) is 26.3 Å². The van der Waals surface area contributed by atoms with E-state index in [9.17, 15) is 19.5 Å². The molecule has 7 heteroatoms. The van der Waals surface area contributed by atoms with E-state index in [2.05, 4.69) is 10.6 Å². The highest BCUT2D eigenvalue weighted by Gasteiger charge is 2.22. The second-order valence-electron chi connectivity index (χ2n) is 6.81. The van der Waals surface area contributed by atoms with Gasteiger partial charge in [-0.3, -0.25) is 9.59 Å². The summed E-state index contributed by atoms with van der Waals surface area (Å²) < 4.78 is 5.08. The molecular formula is C23H25N2O5-. The molecule has 0 aromatic heterocycles. The first-order valence-corrected chi connectivity index (χ1v) is 9.59. The number of aliphatic carboxylic acids is 1. The zero-order chi connectivity index (χ0) is 22.1. The lowest BCUT2D eigenvalue weighted by atomic mass is 9.99. The highest BCUT2D eigenvalue weighted by Crippen LogP contribution is 2.13. The molecule has 2 rings (SSSR count). The largest absolute Gasteiger partial charge is 0.548 e. The van der Waals surface area contributed by atoms with Crippen LogP contribution in [0.25, 0.3) is 6.08 Å². The molecule has 0 saturated carbocycles. The van der Waals surface area contributed by atoms with Gasteiger partial charge in [0.2, 0.25) is 0 Å². The highest BCUT2D eigenvalue weighted by molar-refractivity contribution is 6.06. The van der Waals surface area contributed by atoms with Crippen LogP contribution in [0.1, 0.15) is 36.2 Å². The van der Waals surface area contributed by atoms with Crippen LogP contribution < -0.4 is 20.5 Å². The lowest BCUT2D eigenvalue weighted by Crippen LogP contribution is -2.52. The Balaban J connectivity index is 2.30. The van der Waals surface area contributed by atoms with Gasteiger partial charge >= 0.3 is 0 Å². The molecule has 0 radical (unpaired) electrons. The number of carbonyl (C=O) groups is 3. The summed E-state index contributed by atoms with van der Waals surface area (Å²) in [5.74, 6) is -2.35. The van der Waals surface area contributed by atoms with Crippen molar-refractivity contribution in [3.8, 4) is 5.75 Å². The van der Waals surface area contributed by atoms with Crippen LogP contribution in [0.15, 0.2) is 60.3 Å². The summed E-state index contributed by atoms with van der Waals surface area (Å²) in [7, 11) is 1.52. The van der Waals surface area contributed by atoms with Crippen LogP contribution in [0.2, 0.25) is 0 Å². The third-order valence-electron chi connectivity index (χ3n) is 4.71. The van der Waals surface area contributed by atoms with E-state index in [1.165, 1.54) is 13.2 Å². The van der Waals surface area contributed by atoms with E-state index < -0.39 is 23.8 Å². The van der Waals surface area contributed by atoms with Gasteiger partial charge in [-0.2, -0.15) is 0 Å². The molecule has 2 amide bonds. The smallest absolute Gasteiger partial charge is 0.268 e. The first-order chi connectivity index (χ1) is 14.3. The van der Waals surface area contributed by atoms with Gasteiger partial charge in [-0.25, -0.2) is 0 Å². The molecule has 0 aliphatic rings. The maximum Gasteiger partial charge on any atom is 0.268 e. The lowest BCUT2D eigenvalue weighted by molar-refractivity contribution is -0.309. The summed E-state index contributed by atoms with van der Waals surface area (Å²) in [4.78, 5) is 37.0. The zero-order valence-electron chi connectivity index (χ0n) is 17.2. The van der Waals surface area contributed by atoms with Crippen molar-refractivity contribution in [3.63, 3.8) is 0 Å². The van der Waals surface area contributed by atoms with Crippen LogP contribution in [0.3, 0.4) is 0 Å². The monoisotopic (exact) mass is 409 g/mol. The number of benzene rings is 2. The Hall–Kier alpha value is -3.61. The fourth-order valence-corrected chi connectivity index (χ4v) is 2.70. The molecule has 2 aromatic carbocycles. The molecule has 2 atom stereocenters. The van der Waals surface area contributed by atoms with Crippen LogP contribution in [0.5, 0.6) is 5.75 Å². The molecule has 0 spiro atoms. The van der Waals surface area contributed by atoms with Crippen LogP contribution in [0, 0.1) is 5.92 Å². The number of carboxylic acid groups (broad SMARTS) is 1. The van der Waals surface area contributed by atoms with Crippen molar-refractivity contribution >= 4 is 23.9 Å². The van der Waals surface area contributed by atoms with Gasteiger partial charge in [-0.1, -0.05) is 50.6 Å². The van der Waals surface area contributed by atoms with Crippen LogP contribution >= 0.6 is 0 Å². The van der Waals surface area contributed by atoms with E-state index in [-0.39, 0.29) is 11.6 Å². The van der Waals surface area contributed by atoms with E-state index >= 15 is 0 Å². The maximum atomic E-state index is 12.8. The molecule has 30 heavy (non-hydrogen) atoms. The highest BCUT2D eigenvalue weighted by atomic mass is 16.5. The third-order valence-corrected chi connectivity index (χ3v) is 4.71. The number of ether oxygens (including phenoxy) is 1. The Kier molecular flexibility index (Phi) is 8.17.